The van der Waals surface area contributed by atoms with Gasteiger partial charge in [0.25, 0.3) is 0 Å². The average molecular weight is 484 g/mol. The van der Waals surface area contributed by atoms with Crippen LogP contribution < -0.4 is 16.0 Å². The van der Waals surface area contributed by atoms with Crippen LogP contribution in [0.3, 0.4) is 0 Å². The molecule has 2 aliphatic rings. The fourth-order valence-electron chi connectivity index (χ4n) is 3.86. The van der Waals surface area contributed by atoms with Gasteiger partial charge in [0.1, 0.15) is 0 Å². The highest BCUT2D eigenvalue weighted by atomic mass is 127. The first-order valence-electron chi connectivity index (χ1n) is 9.93. The fourth-order valence-corrected chi connectivity index (χ4v) is 4.41. The molecule has 1 aliphatic carbocycles. The van der Waals surface area contributed by atoms with Crippen molar-refractivity contribution >= 4 is 40.2 Å². The number of anilines is 1. The topological polar surface area (TPSA) is 73.5 Å². The van der Waals surface area contributed by atoms with Crippen molar-refractivity contribution in [1.82, 2.24) is 15.5 Å². The molecule has 27 heavy (non-hydrogen) atoms. The highest BCUT2D eigenvalue weighted by Crippen LogP contribution is 2.17. The number of carbonyl (C=O) groups excluding carboxylic acids is 2. The number of rotatable bonds is 5. The van der Waals surface area contributed by atoms with E-state index in [1.54, 1.807) is 0 Å². The molecule has 1 saturated heterocycles. The summed E-state index contributed by atoms with van der Waals surface area (Å²) in [5, 5.41) is 9.17. The summed E-state index contributed by atoms with van der Waals surface area (Å²) >= 11 is 2.23. The molecule has 3 rings (SSSR count). The molecule has 2 fully saturated rings. The van der Waals surface area contributed by atoms with Gasteiger partial charge in [0.05, 0.1) is 6.54 Å². The van der Waals surface area contributed by atoms with Crippen LogP contribution in [-0.2, 0) is 4.79 Å². The Kier molecular flexibility index (Phi) is 7.75. The highest BCUT2D eigenvalue weighted by Gasteiger charge is 2.23. The van der Waals surface area contributed by atoms with E-state index in [0.717, 1.165) is 48.0 Å². The van der Waals surface area contributed by atoms with Gasteiger partial charge in [-0.3, -0.25) is 9.69 Å². The minimum atomic E-state index is -0.0308. The van der Waals surface area contributed by atoms with Gasteiger partial charge >= 0.3 is 6.03 Å². The van der Waals surface area contributed by atoms with Crippen LogP contribution in [0.1, 0.15) is 44.9 Å². The molecular weight excluding hydrogens is 455 g/mol. The van der Waals surface area contributed by atoms with E-state index in [0.29, 0.717) is 12.6 Å². The van der Waals surface area contributed by atoms with Gasteiger partial charge in [-0.05, 0) is 66.5 Å². The van der Waals surface area contributed by atoms with Crippen molar-refractivity contribution in [3.05, 3.63) is 27.8 Å². The van der Waals surface area contributed by atoms with Crippen molar-refractivity contribution in [1.29, 1.82) is 0 Å². The number of halogens is 1. The third-order valence-corrected chi connectivity index (χ3v) is 6.01. The third-order valence-electron chi connectivity index (χ3n) is 5.34. The van der Waals surface area contributed by atoms with Gasteiger partial charge in [0, 0.05) is 34.4 Å². The van der Waals surface area contributed by atoms with Crippen LogP contribution in [0.15, 0.2) is 24.3 Å². The molecule has 3 amide bonds. The number of hydrogen-bond acceptors (Lipinski definition) is 3. The Hall–Kier alpha value is -1.35. The van der Waals surface area contributed by atoms with E-state index in [9.17, 15) is 9.59 Å². The van der Waals surface area contributed by atoms with Crippen LogP contribution >= 0.6 is 22.6 Å². The van der Waals surface area contributed by atoms with Gasteiger partial charge in [0.15, 0.2) is 0 Å². The van der Waals surface area contributed by atoms with E-state index < -0.39 is 0 Å². The van der Waals surface area contributed by atoms with Gasteiger partial charge in [-0.2, -0.15) is 0 Å². The number of piperidine rings is 1. The molecule has 1 aliphatic heterocycles. The number of benzene rings is 1. The molecule has 0 aromatic heterocycles. The SMILES string of the molecule is O=C(CN1CCC(NC(=O)NC2CCCCC2)CC1)Nc1cccc(I)c1. The Morgan fingerprint density at radius 2 is 1.67 bits per heavy atom. The Bertz CT molecular complexity index is 641. The van der Waals surface area contributed by atoms with Crippen LogP contribution in [0, 0.1) is 3.57 Å². The maximum absolute atomic E-state index is 12.2. The predicted molar refractivity (Wildman–Crippen MR) is 116 cm³/mol. The lowest BCUT2D eigenvalue weighted by Gasteiger charge is -2.32. The van der Waals surface area contributed by atoms with Crippen molar-refractivity contribution in [3.63, 3.8) is 0 Å². The van der Waals surface area contributed by atoms with Crippen LogP contribution in [-0.4, -0.2) is 48.6 Å². The number of nitrogens with one attached hydrogen (secondary N) is 3. The van der Waals surface area contributed by atoms with E-state index in [4.69, 9.17) is 0 Å². The van der Waals surface area contributed by atoms with Crippen molar-refractivity contribution in [2.45, 2.75) is 57.0 Å². The standard InChI is InChI=1S/C20H29IN4O2/c21-15-5-4-8-18(13-15)22-19(26)14-25-11-9-17(10-12-25)24-20(27)23-16-6-2-1-3-7-16/h4-5,8,13,16-17H,1-3,6-7,9-12,14H2,(H,22,26)(H2,23,24,27). The predicted octanol–water partition coefficient (Wildman–Crippen LogP) is 3.33. The van der Waals surface area contributed by atoms with Crippen LogP contribution in [0.5, 0.6) is 0 Å². The average Bonchev–Trinajstić information content (AvgIpc) is 2.64. The van der Waals surface area contributed by atoms with Gasteiger partial charge in [-0.25, -0.2) is 4.79 Å². The maximum atomic E-state index is 12.2. The number of likely N-dealkylation sites (tertiary alicyclic amines) is 1. The first kappa shape index (κ1) is 20.4. The Morgan fingerprint density at radius 3 is 2.33 bits per heavy atom. The first-order valence-corrected chi connectivity index (χ1v) is 11.0. The summed E-state index contributed by atoms with van der Waals surface area (Å²) in [5.41, 5.74) is 0.836. The molecule has 1 heterocycles. The molecule has 0 unspecified atom stereocenters. The van der Waals surface area contributed by atoms with Crippen LogP contribution in [0.4, 0.5) is 10.5 Å². The summed E-state index contributed by atoms with van der Waals surface area (Å²) in [6.07, 6.45) is 7.68. The molecular formula is C20H29IN4O2. The molecule has 1 aromatic rings. The molecule has 0 atom stereocenters. The number of nitrogens with zero attached hydrogens (tertiary/aromatic N) is 1. The number of amides is 3. The van der Waals surface area contributed by atoms with Crippen LogP contribution in [0.25, 0.3) is 0 Å². The molecule has 0 bridgehead atoms. The molecule has 1 saturated carbocycles. The van der Waals surface area contributed by atoms with Gasteiger partial charge in [-0.15, -0.1) is 0 Å². The Morgan fingerprint density at radius 1 is 1.00 bits per heavy atom. The summed E-state index contributed by atoms with van der Waals surface area (Å²) in [5.74, 6) is 0.0125. The van der Waals surface area contributed by atoms with Gasteiger partial charge in [-0.1, -0.05) is 25.3 Å². The number of hydrogen-bond donors (Lipinski definition) is 3. The lowest BCUT2D eigenvalue weighted by Crippen LogP contribution is -2.51. The minimum absolute atomic E-state index is 0.0125. The summed E-state index contributed by atoms with van der Waals surface area (Å²) in [6.45, 7) is 2.05. The van der Waals surface area contributed by atoms with E-state index in [2.05, 4.69) is 43.4 Å². The number of carbonyl (C=O) groups is 2. The fraction of sp³-hybridized carbons (Fsp3) is 0.600. The van der Waals surface area contributed by atoms with Crippen LogP contribution in [0.2, 0.25) is 0 Å². The van der Waals surface area contributed by atoms with Gasteiger partial charge < -0.3 is 16.0 Å². The van der Waals surface area contributed by atoms with Crippen molar-refractivity contribution in [2.24, 2.45) is 0 Å². The zero-order valence-electron chi connectivity index (χ0n) is 15.7. The zero-order chi connectivity index (χ0) is 19.1. The van der Waals surface area contributed by atoms with E-state index >= 15 is 0 Å². The number of urea groups is 1. The maximum Gasteiger partial charge on any atom is 0.315 e. The summed E-state index contributed by atoms with van der Waals surface area (Å²) in [6, 6.07) is 8.30. The zero-order valence-corrected chi connectivity index (χ0v) is 17.8. The van der Waals surface area contributed by atoms with Gasteiger partial charge in [0.2, 0.25) is 5.91 Å². The summed E-state index contributed by atoms with van der Waals surface area (Å²) in [4.78, 5) is 26.6. The molecule has 0 spiro atoms. The normalized spacial score (nSPS) is 19.4. The van der Waals surface area contributed by atoms with E-state index in [1.807, 2.05) is 24.3 Å². The lowest BCUT2D eigenvalue weighted by molar-refractivity contribution is -0.117. The Balaban J connectivity index is 1.34. The quantitative estimate of drug-likeness (QED) is 0.562. The van der Waals surface area contributed by atoms with E-state index in [-0.39, 0.29) is 18.0 Å². The molecule has 6 nitrogen and oxygen atoms in total. The van der Waals surface area contributed by atoms with E-state index in [1.165, 1.54) is 19.3 Å². The first-order chi connectivity index (χ1) is 13.1. The molecule has 0 radical (unpaired) electrons. The molecule has 1 aromatic carbocycles. The molecule has 148 valence electrons. The summed E-state index contributed by atoms with van der Waals surface area (Å²) in [7, 11) is 0. The lowest BCUT2D eigenvalue weighted by atomic mass is 9.96. The Labute approximate surface area is 175 Å². The van der Waals surface area contributed by atoms with Crippen molar-refractivity contribution < 1.29 is 9.59 Å². The smallest absolute Gasteiger partial charge is 0.315 e. The second-order valence-corrected chi connectivity index (χ2v) is 8.81. The van der Waals surface area contributed by atoms with Crippen molar-refractivity contribution in [2.75, 3.05) is 25.0 Å². The second kappa shape index (κ2) is 10.3. The highest BCUT2D eigenvalue weighted by molar-refractivity contribution is 14.1. The minimum Gasteiger partial charge on any atom is -0.335 e. The molecule has 7 heteroatoms. The third kappa shape index (κ3) is 6.95. The monoisotopic (exact) mass is 484 g/mol. The summed E-state index contributed by atoms with van der Waals surface area (Å²) < 4.78 is 1.10. The largest absolute Gasteiger partial charge is 0.335 e. The van der Waals surface area contributed by atoms with Crippen molar-refractivity contribution in [3.8, 4) is 0 Å². The second-order valence-electron chi connectivity index (χ2n) is 7.56. The molecule has 3 N–H and O–H groups in total.